The molecule has 1 atom stereocenters. The highest BCUT2D eigenvalue weighted by molar-refractivity contribution is 14.0. The van der Waals surface area contributed by atoms with E-state index in [9.17, 15) is 18.0 Å². The zero-order chi connectivity index (χ0) is 22.1. The minimum Gasteiger partial charge on any atom is -0.406 e. The zero-order valence-electron chi connectivity index (χ0n) is 17.2. The van der Waals surface area contributed by atoms with Gasteiger partial charge in [0.15, 0.2) is 5.96 Å². The molecule has 0 aliphatic rings. The highest BCUT2D eigenvalue weighted by Crippen LogP contribution is 2.22. The Balaban J connectivity index is 0.00000480. The lowest BCUT2D eigenvalue weighted by Crippen LogP contribution is -2.32. The first-order valence-corrected chi connectivity index (χ1v) is 9.44. The smallest absolute Gasteiger partial charge is 0.406 e. The van der Waals surface area contributed by atoms with E-state index in [-0.39, 0.29) is 54.2 Å². The van der Waals surface area contributed by atoms with E-state index in [1.54, 1.807) is 12.1 Å². The summed E-state index contributed by atoms with van der Waals surface area (Å²) in [6.45, 7) is 4.58. The molecule has 0 saturated carbocycles. The summed E-state index contributed by atoms with van der Waals surface area (Å²) in [5.41, 5.74) is 8.02. The fourth-order valence-corrected chi connectivity index (χ4v) is 2.40. The van der Waals surface area contributed by atoms with Crippen LogP contribution in [-0.2, 0) is 13.1 Å². The normalized spacial score (nSPS) is 12.5. The van der Waals surface area contributed by atoms with Crippen LogP contribution in [0.5, 0.6) is 5.75 Å². The van der Waals surface area contributed by atoms with Crippen molar-refractivity contribution >= 4 is 35.8 Å². The molecule has 1 amide bonds. The lowest BCUT2D eigenvalue weighted by molar-refractivity contribution is -0.274. The average molecular weight is 550 g/mol. The molecular formula is C21H26F3IN4O2. The van der Waals surface area contributed by atoms with Crippen LogP contribution in [-0.4, -0.2) is 24.3 Å². The van der Waals surface area contributed by atoms with Gasteiger partial charge < -0.3 is 21.1 Å². The van der Waals surface area contributed by atoms with Crippen molar-refractivity contribution in [3.63, 3.8) is 0 Å². The molecule has 6 nitrogen and oxygen atoms in total. The van der Waals surface area contributed by atoms with Crippen LogP contribution in [0.2, 0.25) is 0 Å². The second kappa shape index (κ2) is 12.4. The summed E-state index contributed by atoms with van der Waals surface area (Å²) in [6.07, 6.45) is -3.86. The van der Waals surface area contributed by atoms with E-state index in [1.165, 1.54) is 24.3 Å². The molecule has 31 heavy (non-hydrogen) atoms. The maximum atomic E-state index is 12.2. The van der Waals surface area contributed by atoms with Gasteiger partial charge in [-0.2, -0.15) is 0 Å². The van der Waals surface area contributed by atoms with Crippen molar-refractivity contribution in [1.29, 1.82) is 0 Å². The first-order valence-electron chi connectivity index (χ1n) is 9.44. The van der Waals surface area contributed by atoms with Crippen molar-refractivity contribution in [3.8, 4) is 5.75 Å². The largest absolute Gasteiger partial charge is 0.573 e. The van der Waals surface area contributed by atoms with E-state index < -0.39 is 6.36 Å². The number of benzene rings is 2. The summed E-state index contributed by atoms with van der Waals surface area (Å²) < 4.78 is 40.3. The van der Waals surface area contributed by atoms with Crippen molar-refractivity contribution in [2.45, 2.75) is 45.8 Å². The van der Waals surface area contributed by atoms with Crippen molar-refractivity contribution < 1.29 is 22.7 Å². The molecule has 0 saturated heterocycles. The Labute approximate surface area is 196 Å². The van der Waals surface area contributed by atoms with Gasteiger partial charge in [0.05, 0.1) is 6.54 Å². The van der Waals surface area contributed by atoms with E-state index in [2.05, 4.69) is 20.4 Å². The summed E-state index contributed by atoms with van der Waals surface area (Å²) in [5, 5.41) is 5.86. The number of nitrogens with one attached hydrogen (secondary N) is 2. The highest BCUT2D eigenvalue weighted by atomic mass is 127. The fourth-order valence-electron chi connectivity index (χ4n) is 2.40. The Kier molecular flexibility index (Phi) is 10.6. The number of alkyl halides is 3. The Hall–Kier alpha value is -2.50. The van der Waals surface area contributed by atoms with Crippen molar-refractivity contribution in [2.24, 2.45) is 10.7 Å². The summed E-state index contributed by atoms with van der Waals surface area (Å²) in [5.74, 6) is -0.205. The monoisotopic (exact) mass is 550 g/mol. The second-order valence-corrected chi connectivity index (χ2v) is 6.73. The third kappa shape index (κ3) is 9.90. The predicted molar refractivity (Wildman–Crippen MR) is 124 cm³/mol. The molecule has 1 unspecified atom stereocenters. The van der Waals surface area contributed by atoms with E-state index in [0.717, 1.165) is 12.0 Å². The van der Waals surface area contributed by atoms with Gasteiger partial charge in [-0.3, -0.25) is 4.79 Å². The lowest BCUT2D eigenvalue weighted by Gasteiger charge is -2.12. The Morgan fingerprint density at radius 2 is 1.68 bits per heavy atom. The van der Waals surface area contributed by atoms with Crippen LogP contribution in [0, 0.1) is 0 Å². The molecule has 0 spiro atoms. The molecule has 0 aliphatic heterocycles. The second-order valence-electron chi connectivity index (χ2n) is 6.73. The molecule has 0 bridgehead atoms. The predicted octanol–water partition coefficient (Wildman–Crippen LogP) is 4.34. The first kappa shape index (κ1) is 26.5. The SMILES string of the molecule is CCC(C)NC(=O)c1ccc(CNC(N)=NCc2ccc(OC(F)(F)F)cc2)cc1.I. The molecule has 4 N–H and O–H groups in total. The van der Waals surface area contributed by atoms with Gasteiger partial charge in [-0.15, -0.1) is 37.1 Å². The van der Waals surface area contributed by atoms with Gasteiger partial charge in [0.25, 0.3) is 5.91 Å². The molecule has 170 valence electrons. The summed E-state index contributed by atoms with van der Waals surface area (Å²) in [7, 11) is 0. The number of hydrogen-bond donors (Lipinski definition) is 3. The third-order valence-corrected chi connectivity index (χ3v) is 4.27. The maximum Gasteiger partial charge on any atom is 0.573 e. The van der Waals surface area contributed by atoms with Crippen LogP contribution in [0.1, 0.15) is 41.8 Å². The maximum absolute atomic E-state index is 12.2. The molecule has 0 aromatic heterocycles. The molecular weight excluding hydrogens is 524 g/mol. The number of carbonyl (C=O) groups is 1. The van der Waals surface area contributed by atoms with Crippen LogP contribution in [0.25, 0.3) is 0 Å². The molecule has 2 aromatic carbocycles. The standard InChI is InChI=1S/C21H25F3N4O2.HI/c1-3-14(2)28-19(29)17-8-4-15(5-9-17)12-26-20(25)27-13-16-6-10-18(11-7-16)30-21(22,23)24;/h4-11,14H,3,12-13H2,1-2H3,(H,28,29)(H3,25,26,27);1H. The van der Waals surface area contributed by atoms with Crippen molar-refractivity contribution in [1.82, 2.24) is 10.6 Å². The lowest BCUT2D eigenvalue weighted by atomic mass is 10.1. The van der Waals surface area contributed by atoms with E-state index in [4.69, 9.17) is 5.73 Å². The van der Waals surface area contributed by atoms with Crippen molar-refractivity contribution in [3.05, 3.63) is 65.2 Å². The van der Waals surface area contributed by atoms with Gasteiger partial charge >= 0.3 is 6.36 Å². The number of carbonyl (C=O) groups excluding carboxylic acids is 1. The van der Waals surface area contributed by atoms with E-state index >= 15 is 0 Å². The van der Waals surface area contributed by atoms with Gasteiger partial charge in [0, 0.05) is 18.2 Å². The van der Waals surface area contributed by atoms with E-state index in [1.807, 2.05) is 26.0 Å². The molecule has 0 fully saturated rings. The number of ether oxygens (including phenoxy) is 1. The molecule has 2 aromatic rings. The van der Waals surface area contributed by atoms with Crippen LogP contribution in [0.3, 0.4) is 0 Å². The summed E-state index contributed by atoms with van der Waals surface area (Å²) in [6, 6.07) is 12.7. The number of rotatable bonds is 8. The quantitative estimate of drug-likeness (QED) is 0.260. The number of guanidine groups is 1. The Morgan fingerprint density at radius 3 is 2.23 bits per heavy atom. The van der Waals surface area contributed by atoms with Gasteiger partial charge in [-0.25, -0.2) is 4.99 Å². The van der Waals surface area contributed by atoms with Gasteiger partial charge in [-0.1, -0.05) is 31.2 Å². The van der Waals surface area contributed by atoms with Crippen LogP contribution < -0.4 is 21.1 Å². The van der Waals surface area contributed by atoms with Gasteiger partial charge in [-0.05, 0) is 48.7 Å². The fraction of sp³-hybridized carbons (Fsp3) is 0.333. The molecule has 2 rings (SSSR count). The van der Waals surface area contributed by atoms with E-state index in [0.29, 0.717) is 17.7 Å². The number of aliphatic imine (C=N–C) groups is 1. The van der Waals surface area contributed by atoms with Gasteiger partial charge in [0.1, 0.15) is 5.75 Å². The zero-order valence-corrected chi connectivity index (χ0v) is 19.5. The molecule has 0 radical (unpaired) electrons. The number of nitrogens with zero attached hydrogens (tertiary/aromatic N) is 1. The number of hydrogen-bond acceptors (Lipinski definition) is 3. The third-order valence-electron chi connectivity index (χ3n) is 4.27. The molecule has 0 heterocycles. The Morgan fingerprint density at radius 1 is 1.10 bits per heavy atom. The average Bonchev–Trinajstić information content (AvgIpc) is 2.70. The van der Waals surface area contributed by atoms with Crippen LogP contribution in [0.4, 0.5) is 13.2 Å². The van der Waals surface area contributed by atoms with Gasteiger partial charge in [0.2, 0.25) is 0 Å². The van der Waals surface area contributed by atoms with Crippen molar-refractivity contribution in [2.75, 3.05) is 0 Å². The number of halogens is 4. The first-order chi connectivity index (χ1) is 14.2. The minimum atomic E-state index is -4.72. The van der Waals surface area contributed by atoms with Crippen LogP contribution >= 0.6 is 24.0 Å². The minimum absolute atomic E-state index is 0. The number of amides is 1. The molecule has 10 heteroatoms. The molecule has 0 aliphatic carbocycles. The number of nitrogens with two attached hydrogens (primary N) is 1. The Bertz CT molecular complexity index is 856. The summed E-state index contributed by atoms with van der Waals surface area (Å²) in [4.78, 5) is 16.2. The highest BCUT2D eigenvalue weighted by Gasteiger charge is 2.30. The topological polar surface area (TPSA) is 88.7 Å². The van der Waals surface area contributed by atoms with Crippen LogP contribution in [0.15, 0.2) is 53.5 Å². The summed E-state index contributed by atoms with van der Waals surface area (Å²) >= 11 is 0.